The highest BCUT2D eigenvalue weighted by Gasteiger charge is 2.55. The van der Waals surface area contributed by atoms with Crippen LogP contribution in [0.1, 0.15) is 12.0 Å². The highest BCUT2D eigenvalue weighted by molar-refractivity contribution is 9.10. The maximum atomic E-state index is 13.7. The molecule has 0 amide bonds. The van der Waals surface area contributed by atoms with Gasteiger partial charge in [-0.05, 0) is 12.1 Å². The van der Waals surface area contributed by atoms with Gasteiger partial charge in [0, 0.05) is 22.5 Å². The van der Waals surface area contributed by atoms with Gasteiger partial charge < -0.3 is 5.73 Å². The first-order valence-electron chi connectivity index (χ1n) is 3.94. The zero-order valence-electron chi connectivity index (χ0n) is 6.73. The molecule has 0 aliphatic heterocycles. The first kappa shape index (κ1) is 9.09. The van der Waals surface area contributed by atoms with E-state index in [4.69, 9.17) is 5.73 Å². The number of alkyl halides is 1. The summed E-state index contributed by atoms with van der Waals surface area (Å²) in [4.78, 5) is 0. The van der Waals surface area contributed by atoms with Gasteiger partial charge in [0.2, 0.25) is 0 Å². The van der Waals surface area contributed by atoms with Crippen LogP contribution >= 0.6 is 15.9 Å². The molecule has 1 nitrogen and oxygen atoms in total. The van der Waals surface area contributed by atoms with E-state index in [-0.39, 0.29) is 5.82 Å². The lowest BCUT2D eigenvalue weighted by atomic mass is 10.1. The zero-order chi connectivity index (χ0) is 9.64. The third kappa shape index (κ3) is 1.38. The number of halogens is 3. The molecule has 1 saturated carbocycles. The molecule has 2 N–H and O–H groups in total. The van der Waals surface area contributed by atoms with Crippen LogP contribution in [0.2, 0.25) is 0 Å². The number of benzene rings is 1. The van der Waals surface area contributed by atoms with Crippen LogP contribution in [0.15, 0.2) is 22.7 Å². The summed E-state index contributed by atoms with van der Waals surface area (Å²) < 4.78 is 26.9. The van der Waals surface area contributed by atoms with Crippen LogP contribution in [0.3, 0.4) is 0 Å². The molecule has 2 rings (SSSR count). The van der Waals surface area contributed by atoms with Crippen LogP contribution in [0.4, 0.5) is 8.78 Å². The van der Waals surface area contributed by atoms with Crippen molar-refractivity contribution in [3.63, 3.8) is 0 Å². The van der Waals surface area contributed by atoms with Crippen LogP contribution in [-0.4, -0.2) is 6.04 Å². The van der Waals surface area contributed by atoms with Crippen LogP contribution in [0, 0.1) is 5.82 Å². The second-order valence-corrected chi connectivity index (χ2v) is 4.15. The molecule has 1 fully saturated rings. The van der Waals surface area contributed by atoms with Crippen LogP contribution in [0.25, 0.3) is 0 Å². The van der Waals surface area contributed by atoms with Crippen molar-refractivity contribution < 1.29 is 8.78 Å². The Kier molecular flexibility index (Phi) is 1.92. The maximum Gasteiger partial charge on any atom is 0.153 e. The number of hydrogen-bond donors (Lipinski definition) is 1. The Bertz CT molecular complexity index is 355. The van der Waals surface area contributed by atoms with Crippen molar-refractivity contribution in [1.29, 1.82) is 0 Å². The fourth-order valence-electron chi connectivity index (χ4n) is 1.40. The Balaban J connectivity index is 2.42. The standard InChI is InChI=1S/C9H8BrF2N/c10-7-3-5(11)1-2-6(7)9(12)4-8(9)13/h1-3,8H,4,13H2/t8-,9-/m0/s1. The molecule has 4 heteroatoms. The van der Waals surface area contributed by atoms with E-state index in [1.54, 1.807) is 0 Å². The smallest absolute Gasteiger partial charge is 0.153 e. The molecule has 0 saturated heterocycles. The lowest BCUT2D eigenvalue weighted by Crippen LogP contribution is -2.13. The average Bonchev–Trinajstić information content (AvgIpc) is 2.59. The van der Waals surface area contributed by atoms with E-state index in [0.717, 1.165) is 0 Å². The monoisotopic (exact) mass is 247 g/mol. The molecule has 2 atom stereocenters. The summed E-state index contributed by atoms with van der Waals surface area (Å²) in [5, 5.41) is 0. The summed E-state index contributed by atoms with van der Waals surface area (Å²) in [5.41, 5.74) is 4.44. The molecular formula is C9H8BrF2N. The van der Waals surface area contributed by atoms with Crippen LogP contribution < -0.4 is 5.73 Å². The Morgan fingerprint density at radius 2 is 2.15 bits per heavy atom. The molecule has 1 aliphatic carbocycles. The van der Waals surface area contributed by atoms with E-state index in [2.05, 4.69) is 15.9 Å². The van der Waals surface area contributed by atoms with E-state index in [1.165, 1.54) is 18.2 Å². The SMILES string of the molecule is N[C@H]1C[C@]1(F)c1ccc(F)cc1Br. The molecule has 13 heavy (non-hydrogen) atoms. The van der Waals surface area contributed by atoms with Gasteiger partial charge in [-0.15, -0.1) is 0 Å². The minimum atomic E-state index is -1.45. The molecule has 0 spiro atoms. The van der Waals surface area contributed by atoms with Gasteiger partial charge in [-0.3, -0.25) is 0 Å². The molecule has 0 unspecified atom stereocenters. The molecule has 0 aromatic heterocycles. The molecule has 1 aromatic rings. The van der Waals surface area contributed by atoms with Gasteiger partial charge in [-0.25, -0.2) is 8.78 Å². The second-order valence-electron chi connectivity index (χ2n) is 3.30. The first-order valence-corrected chi connectivity index (χ1v) is 4.73. The van der Waals surface area contributed by atoms with Crippen LogP contribution in [0.5, 0.6) is 0 Å². The molecule has 1 aromatic carbocycles. The summed E-state index contributed by atoms with van der Waals surface area (Å²) in [6, 6.07) is 3.48. The van der Waals surface area contributed by atoms with Crippen molar-refractivity contribution in [2.24, 2.45) is 5.73 Å². The predicted octanol–water partition coefficient (Wildman–Crippen LogP) is 2.48. The molecule has 1 aliphatic rings. The van der Waals surface area contributed by atoms with Gasteiger partial charge in [0.15, 0.2) is 5.67 Å². The van der Waals surface area contributed by atoms with Gasteiger partial charge in [0.05, 0.1) is 0 Å². The fraction of sp³-hybridized carbons (Fsp3) is 0.333. The Labute approximate surface area is 83.1 Å². The van der Waals surface area contributed by atoms with Crippen molar-refractivity contribution >= 4 is 15.9 Å². The number of nitrogens with two attached hydrogens (primary N) is 1. The van der Waals surface area contributed by atoms with E-state index in [0.29, 0.717) is 16.5 Å². The van der Waals surface area contributed by atoms with Crippen molar-refractivity contribution in [3.8, 4) is 0 Å². The molecule has 70 valence electrons. The molecule has 0 heterocycles. The molecule has 0 radical (unpaired) electrons. The normalized spacial score (nSPS) is 31.8. The van der Waals surface area contributed by atoms with E-state index < -0.39 is 11.7 Å². The van der Waals surface area contributed by atoms with Crippen molar-refractivity contribution in [3.05, 3.63) is 34.1 Å². The van der Waals surface area contributed by atoms with Crippen LogP contribution in [-0.2, 0) is 5.67 Å². The summed E-state index contributed by atoms with van der Waals surface area (Å²) in [6.07, 6.45) is 0.317. The van der Waals surface area contributed by atoms with Gasteiger partial charge >= 0.3 is 0 Å². The van der Waals surface area contributed by atoms with Crippen molar-refractivity contribution in [1.82, 2.24) is 0 Å². The maximum absolute atomic E-state index is 13.7. The minimum absolute atomic E-state index is 0.317. The third-order valence-corrected chi connectivity index (χ3v) is 2.98. The number of hydrogen-bond acceptors (Lipinski definition) is 1. The highest BCUT2D eigenvalue weighted by Crippen LogP contribution is 2.50. The van der Waals surface area contributed by atoms with Gasteiger partial charge in [0.25, 0.3) is 0 Å². The molecule has 0 bridgehead atoms. The largest absolute Gasteiger partial charge is 0.325 e. The van der Waals surface area contributed by atoms with E-state index in [9.17, 15) is 8.78 Å². The highest BCUT2D eigenvalue weighted by atomic mass is 79.9. The van der Waals surface area contributed by atoms with E-state index >= 15 is 0 Å². The van der Waals surface area contributed by atoms with E-state index in [1.807, 2.05) is 0 Å². The first-order chi connectivity index (χ1) is 6.04. The Morgan fingerprint density at radius 3 is 2.62 bits per heavy atom. The Morgan fingerprint density at radius 1 is 1.54 bits per heavy atom. The molecular weight excluding hydrogens is 240 g/mol. The van der Waals surface area contributed by atoms with Gasteiger partial charge in [0.1, 0.15) is 5.82 Å². The topological polar surface area (TPSA) is 26.0 Å². The van der Waals surface area contributed by atoms with Crippen molar-refractivity contribution in [2.45, 2.75) is 18.1 Å². The van der Waals surface area contributed by atoms with Gasteiger partial charge in [-0.1, -0.05) is 22.0 Å². The summed E-state index contributed by atoms with van der Waals surface area (Å²) >= 11 is 3.11. The lowest BCUT2D eigenvalue weighted by Gasteiger charge is -2.08. The zero-order valence-corrected chi connectivity index (χ0v) is 8.31. The lowest BCUT2D eigenvalue weighted by molar-refractivity contribution is 0.304. The summed E-state index contributed by atoms with van der Waals surface area (Å²) in [5.74, 6) is -0.381. The minimum Gasteiger partial charge on any atom is -0.325 e. The van der Waals surface area contributed by atoms with Gasteiger partial charge in [-0.2, -0.15) is 0 Å². The second kappa shape index (κ2) is 2.75. The fourth-order valence-corrected chi connectivity index (χ4v) is 2.08. The quantitative estimate of drug-likeness (QED) is 0.811. The third-order valence-electron chi connectivity index (χ3n) is 2.32. The summed E-state index contributed by atoms with van der Waals surface area (Å²) in [7, 11) is 0. The van der Waals surface area contributed by atoms with Crippen molar-refractivity contribution in [2.75, 3.05) is 0 Å². The predicted molar refractivity (Wildman–Crippen MR) is 49.5 cm³/mol. The summed E-state index contributed by atoms with van der Waals surface area (Å²) in [6.45, 7) is 0. The average molecular weight is 248 g/mol. The number of rotatable bonds is 1. The Hall–Kier alpha value is -0.480.